The molecule has 6 nitrogen and oxygen atoms in total. The first-order chi connectivity index (χ1) is 14.0. The Kier molecular flexibility index (Phi) is 6.65. The fourth-order valence-corrected chi connectivity index (χ4v) is 3.40. The molecule has 0 saturated carbocycles. The van der Waals surface area contributed by atoms with Crippen molar-refractivity contribution in [3.63, 3.8) is 0 Å². The van der Waals surface area contributed by atoms with E-state index in [9.17, 15) is 14.4 Å². The lowest BCUT2D eigenvalue weighted by Crippen LogP contribution is -2.44. The van der Waals surface area contributed by atoms with Crippen LogP contribution < -0.4 is 9.64 Å². The van der Waals surface area contributed by atoms with Crippen LogP contribution in [0.4, 0.5) is 5.69 Å². The number of anilines is 1. The Bertz CT molecular complexity index is 864. The summed E-state index contributed by atoms with van der Waals surface area (Å²) in [6.45, 7) is 4.69. The van der Waals surface area contributed by atoms with E-state index in [1.807, 2.05) is 37.3 Å². The maximum atomic E-state index is 13.1. The van der Waals surface area contributed by atoms with Crippen LogP contribution in [0.15, 0.2) is 54.6 Å². The average Bonchev–Trinajstić information content (AvgIpc) is 3.04. The summed E-state index contributed by atoms with van der Waals surface area (Å²) in [6.07, 6.45) is 1.16. The van der Waals surface area contributed by atoms with Crippen LogP contribution in [0.5, 0.6) is 5.75 Å². The van der Waals surface area contributed by atoms with Crippen LogP contribution in [0.25, 0.3) is 0 Å². The van der Waals surface area contributed by atoms with Crippen LogP contribution in [0.3, 0.4) is 0 Å². The van der Waals surface area contributed by atoms with E-state index in [0.29, 0.717) is 24.6 Å². The van der Waals surface area contributed by atoms with Gasteiger partial charge in [0.25, 0.3) is 5.91 Å². The predicted molar refractivity (Wildman–Crippen MR) is 110 cm³/mol. The van der Waals surface area contributed by atoms with Crippen LogP contribution in [0.1, 0.15) is 38.7 Å². The highest BCUT2D eigenvalue weighted by Crippen LogP contribution is 2.28. The molecule has 1 saturated heterocycles. The fourth-order valence-electron chi connectivity index (χ4n) is 3.40. The van der Waals surface area contributed by atoms with E-state index < -0.39 is 6.04 Å². The van der Waals surface area contributed by atoms with Gasteiger partial charge in [-0.15, -0.1) is 0 Å². The molecule has 1 unspecified atom stereocenters. The normalized spacial score (nSPS) is 16.2. The second-order valence-electron chi connectivity index (χ2n) is 6.99. The highest BCUT2D eigenvalue weighted by Gasteiger charge is 2.44. The molecule has 152 valence electrons. The van der Waals surface area contributed by atoms with Crippen molar-refractivity contribution < 1.29 is 19.1 Å². The number of amides is 3. The summed E-state index contributed by atoms with van der Waals surface area (Å²) >= 11 is 0. The van der Waals surface area contributed by atoms with E-state index in [-0.39, 0.29) is 30.6 Å². The zero-order valence-electron chi connectivity index (χ0n) is 16.8. The van der Waals surface area contributed by atoms with E-state index in [1.165, 1.54) is 9.80 Å². The van der Waals surface area contributed by atoms with Gasteiger partial charge in [-0.1, -0.05) is 44.2 Å². The molecule has 1 aliphatic rings. The molecule has 0 aromatic heterocycles. The van der Waals surface area contributed by atoms with Crippen LogP contribution in [0.2, 0.25) is 0 Å². The Labute approximate surface area is 171 Å². The molecular weight excluding hydrogens is 368 g/mol. The van der Waals surface area contributed by atoms with Gasteiger partial charge in [-0.25, -0.2) is 4.90 Å². The monoisotopic (exact) mass is 394 g/mol. The first kappa shape index (κ1) is 20.6. The Morgan fingerprint density at radius 3 is 2.38 bits per heavy atom. The molecule has 1 fully saturated rings. The predicted octanol–water partition coefficient (Wildman–Crippen LogP) is 3.55. The summed E-state index contributed by atoms with van der Waals surface area (Å²) in [4.78, 5) is 41.0. The third kappa shape index (κ3) is 4.65. The van der Waals surface area contributed by atoms with Crippen LogP contribution in [-0.4, -0.2) is 35.3 Å². The van der Waals surface area contributed by atoms with Gasteiger partial charge in [0.15, 0.2) is 0 Å². The third-order valence-electron chi connectivity index (χ3n) is 4.89. The van der Waals surface area contributed by atoms with Gasteiger partial charge in [-0.2, -0.15) is 0 Å². The number of hydrogen-bond acceptors (Lipinski definition) is 4. The number of nitrogens with zero attached hydrogens (tertiary/aromatic N) is 2. The Morgan fingerprint density at radius 1 is 1.07 bits per heavy atom. The average molecular weight is 394 g/mol. The minimum Gasteiger partial charge on any atom is -0.494 e. The second-order valence-corrected chi connectivity index (χ2v) is 6.99. The van der Waals surface area contributed by atoms with Crippen molar-refractivity contribution in [2.24, 2.45) is 0 Å². The molecule has 2 aromatic carbocycles. The van der Waals surface area contributed by atoms with Gasteiger partial charge in [0.2, 0.25) is 11.8 Å². The summed E-state index contributed by atoms with van der Waals surface area (Å²) in [5, 5.41) is 0. The van der Waals surface area contributed by atoms with Crippen molar-refractivity contribution in [3.05, 3.63) is 60.2 Å². The largest absolute Gasteiger partial charge is 0.494 e. The van der Waals surface area contributed by atoms with E-state index in [1.54, 1.807) is 31.2 Å². The zero-order chi connectivity index (χ0) is 20.8. The standard InChI is InChI=1S/C23H26N2O4/c1-3-14-29-19-12-10-18(11-13-19)25-22(27)15-20(23(25)28)24(21(26)4-2)16-17-8-6-5-7-9-17/h5-13,20H,3-4,14-16H2,1-2H3. The smallest absolute Gasteiger partial charge is 0.257 e. The summed E-state index contributed by atoms with van der Waals surface area (Å²) in [5.74, 6) is -0.123. The van der Waals surface area contributed by atoms with Gasteiger partial charge in [-0.3, -0.25) is 14.4 Å². The molecule has 0 N–H and O–H groups in total. The fraction of sp³-hybridized carbons (Fsp3) is 0.348. The van der Waals surface area contributed by atoms with Gasteiger partial charge < -0.3 is 9.64 Å². The number of benzene rings is 2. The number of carbonyl (C=O) groups excluding carboxylic acids is 3. The first-order valence-corrected chi connectivity index (χ1v) is 9.98. The number of ether oxygens (including phenoxy) is 1. The van der Waals surface area contributed by atoms with Crippen molar-refractivity contribution in [2.45, 2.75) is 45.7 Å². The molecule has 0 radical (unpaired) electrons. The minimum absolute atomic E-state index is 0.00844. The lowest BCUT2D eigenvalue weighted by Gasteiger charge is -2.27. The molecule has 6 heteroatoms. The van der Waals surface area contributed by atoms with Crippen molar-refractivity contribution >= 4 is 23.4 Å². The number of imide groups is 1. The first-order valence-electron chi connectivity index (χ1n) is 9.98. The van der Waals surface area contributed by atoms with Gasteiger partial charge >= 0.3 is 0 Å². The van der Waals surface area contributed by atoms with E-state index in [2.05, 4.69) is 0 Å². The van der Waals surface area contributed by atoms with Gasteiger partial charge in [0.05, 0.1) is 18.7 Å². The SMILES string of the molecule is CCCOc1ccc(N2C(=O)CC(N(Cc3ccccc3)C(=O)CC)C2=O)cc1. The zero-order valence-corrected chi connectivity index (χ0v) is 16.8. The highest BCUT2D eigenvalue weighted by atomic mass is 16.5. The molecule has 1 heterocycles. The van der Waals surface area contributed by atoms with Crippen molar-refractivity contribution in [3.8, 4) is 5.75 Å². The number of carbonyl (C=O) groups is 3. The second kappa shape index (κ2) is 9.37. The minimum atomic E-state index is -0.786. The number of hydrogen-bond donors (Lipinski definition) is 0. The maximum absolute atomic E-state index is 13.1. The lowest BCUT2D eigenvalue weighted by atomic mass is 10.1. The summed E-state index contributed by atoms with van der Waals surface area (Å²) in [7, 11) is 0. The molecule has 0 spiro atoms. The molecule has 1 atom stereocenters. The van der Waals surface area contributed by atoms with Gasteiger partial charge in [0.1, 0.15) is 11.8 Å². The van der Waals surface area contributed by atoms with Crippen molar-refractivity contribution in [1.82, 2.24) is 4.90 Å². The molecule has 0 aliphatic carbocycles. The maximum Gasteiger partial charge on any atom is 0.257 e. The molecule has 3 amide bonds. The van der Waals surface area contributed by atoms with Crippen LogP contribution in [-0.2, 0) is 20.9 Å². The van der Waals surface area contributed by atoms with Gasteiger partial charge in [-0.05, 0) is 36.2 Å². The lowest BCUT2D eigenvalue weighted by molar-refractivity contribution is -0.138. The van der Waals surface area contributed by atoms with Crippen LogP contribution in [0, 0.1) is 0 Å². The van der Waals surface area contributed by atoms with Crippen LogP contribution >= 0.6 is 0 Å². The van der Waals surface area contributed by atoms with E-state index in [0.717, 1.165) is 12.0 Å². The van der Waals surface area contributed by atoms with Crippen molar-refractivity contribution in [1.29, 1.82) is 0 Å². The Morgan fingerprint density at radius 2 is 1.76 bits per heavy atom. The molecule has 1 aliphatic heterocycles. The number of rotatable bonds is 8. The Hall–Kier alpha value is -3.15. The summed E-state index contributed by atoms with van der Waals surface area (Å²) in [5.41, 5.74) is 1.42. The third-order valence-corrected chi connectivity index (χ3v) is 4.89. The quantitative estimate of drug-likeness (QED) is 0.642. The summed E-state index contributed by atoms with van der Waals surface area (Å²) in [6, 6.07) is 15.6. The molecule has 2 aromatic rings. The van der Waals surface area contributed by atoms with E-state index >= 15 is 0 Å². The Balaban J connectivity index is 1.80. The highest BCUT2D eigenvalue weighted by molar-refractivity contribution is 6.23. The van der Waals surface area contributed by atoms with E-state index in [4.69, 9.17) is 4.74 Å². The topological polar surface area (TPSA) is 66.9 Å². The molecule has 3 rings (SSSR count). The van der Waals surface area contributed by atoms with Crippen molar-refractivity contribution in [2.75, 3.05) is 11.5 Å². The van der Waals surface area contributed by atoms with Gasteiger partial charge in [0, 0.05) is 13.0 Å². The molecular formula is C23H26N2O4. The molecule has 29 heavy (non-hydrogen) atoms. The molecule has 0 bridgehead atoms. The summed E-state index contributed by atoms with van der Waals surface area (Å²) < 4.78 is 5.56.